The van der Waals surface area contributed by atoms with E-state index in [0.29, 0.717) is 0 Å². The molecule has 1 aromatic carbocycles. The fourth-order valence-corrected chi connectivity index (χ4v) is 2.54. The Kier molecular flexibility index (Phi) is 4.26. The summed E-state index contributed by atoms with van der Waals surface area (Å²) in [5.74, 6) is -0.172. The molecule has 4 nitrogen and oxygen atoms in total. The van der Waals surface area contributed by atoms with Gasteiger partial charge >= 0.3 is 0 Å². The minimum Gasteiger partial charge on any atom is -0.318 e. The molecule has 0 saturated heterocycles. The molecule has 1 heterocycles. The zero-order valence-corrected chi connectivity index (χ0v) is 13.2. The van der Waals surface area contributed by atoms with Crippen molar-refractivity contribution in [3.05, 3.63) is 52.3 Å². The van der Waals surface area contributed by atoms with Crippen molar-refractivity contribution in [2.75, 3.05) is 0 Å². The number of carbonyl (C=O) groups excluding carboxylic acids is 1. The lowest BCUT2D eigenvalue weighted by atomic mass is 10.1. The highest BCUT2D eigenvalue weighted by molar-refractivity contribution is 5.83. The predicted molar refractivity (Wildman–Crippen MR) is 86.1 cm³/mol. The third-order valence-electron chi connectivity index (χ3n) is 3.49. The number of hydrazone groups is 1. The van der Waals surface area contributed by atoms with Crippen molar-refractivity contribution < 1.29 is 4.79 Å². The van der Waals surface area contributed by atoms with E-state index in [0.717, 1.165) is 17.0 Å². The molecule has 4 heteroatoms. The van der Waals surface area contributed by atoms with Crippen molar-refractivity contribution in [2.45, 2.75) is 34.6 Å². The molecule has 110 valence electrons. The smallest absolute Gasteiger partial charge is 0.236 e. The lowest BCUT2D eigenvalue weighted by Gasteiger charge is -2.13. The van der Waals surface area contributed by atoms with Crippen LogP contribution in [0.4, 0.5) is 0 Å². The summed E-state index contributed by atoms with van der Waals surface area (Å²) in [5.41, 5.74) is 9.35. The lowest BCUT2D eigenvalue weighted by Crippen LogP contribution is -2.12. The molecule has 0 fully saturated rings. The molecule has 0 bridgehead atoms. The molecular formula is C17H21N3O. The number of nitrogens with zero attached hydrogens (tertiary/aromatic N) is 2. The second-order valence-corrected chi connectivity index (χ2v) is 5.38. The zero-order chi connectivity index (χ0) is 15.6. The topological polar surface area (TPSA) is 46.4 Å². The van der Waals surface area contributed by atoms with Crippen LogP contribution in [0.5, 0.6) is 0 Å². The van der Waals surface area contributed by atoms with Crippen LogP contribution in [0, 0.1) is 27.7 Å². The normalized spacial score (nSPS) is 11.1. The molecule has 2 rings (SSSR count). The Labute approximate surface area is 125 Å². The quantitative estimate of drug-likeness (QED) is 0.682. The monoisotopic (exact) mass is 283 g/mol. The van der Waals surface area contributed by atoms with Gasteiger partial charge in [-0.1, -0.05) is 17.7 Å². The molecule has 1 N–H and O–H groups in total. The van der Waals surface area contributed by atoms with Gasteiger partial charge < -0.3 is 4.57 Å². The largest absolute Gasteiger partial charge is 0.318 e. The average molecular weight is 283 g/mol. The van der Waals surface area contributed by atoms with Crippen LogP contribution in [0.15, 0.2) is 29.4 Å². The fourth-order valence-electron chi connectivity index (χ4n) is 2.54. The first-order chi connectivity index (χ1) is 9.90. The summed E-state index contributed by atoms with van der Waals surface area (Å²) in [6.45, 7) is 9.78. The van der Waals surface area contributed by atoms with Crippen molar-refractivity contribution >= 4 is 12.1 Å². The number of carbonyl (C=O) groups is 1. The van der Waals surface area contributed by atoms with Gasteiger partial charge in [0.15, 0.2) is 0 Å². The summed E-state index contributed by atoms with van der Waals surface area (Å²) in [7, 11) is 0. The number of rotatable bonds is 3. The first-order valence-electron chi connectivity index (χ1n) is 6.96. The molecule has 0 aliphatic rings. The van der Waals surface area contributed by atoms with E-state index in [9.17, 15) is 4.79 Å². The minimum absolute atomic E-state index is 0.172. The first-order valence-corrected chi connectivity index (χ1v) is 6.96. The van der Waals surface area contributed by atoms with Crippen molar-refractivity contribution in [3.63, 3.8) is 0 Å². The number of benzene rings is 1. The molecular weight excluding hydrogens is 262 g/mol. The third kappa shape index (κ3) is 3.21. The number of amides is 1. The molecule has 0 aliphatic carbocycles. The number of aryl methyl sites for hydroxylation is 3. The van der Waals surface area contributed by atoms with Crippen LogP contribution in [0.2, 0.25) is 0 Å². The predicted octanol–water partition coefficient (Wildman–Crippen LogP) is 3.18. The number of hydrogen-bond acceptors (Lipinski definition) is 2. The first kappa shape index (κ1) is 15.0. The molecule has 2 aromatic rings. The van der Waals surface area contributed by atoms with Gasteiger partial charge in [0.1, 0.15) is 0 Å². The van der Waals surface area contributed by atoms with Gasteiger partial charge in [-0.05, 0) is 45.4 Å². The third-order valence-corrected chi connectivity index (χ3v) is 3.49. The van der Waals surface area contributed by atoms with E-state index in [4.69, 9.17) is 0 Å². The van der Waals surface area contributed by atoms with E-state index in [-0.39, 0.29) is 5.91 Å². The second kappa shape index (κ2) is 5.95. The molecule has 21 heavy (non-hydrogen) atoms. The number of aromatic nitrogens is 1. The Morgan fingerprint density at radius 2 is 1.90 bits per heavy atom. The number of hydrogen-bond donors (Lipinski definition) is 1. The van der Waals surface area contributed by atoms with E-state index in [1.54, 1.807) is 6.21 Å². The second-order valence-electron chi connectivity index (χ2n) is 5.38. The van der Waals surface area contributed by atoms with Gasteiger partial charge in [0, 0.05) is 29.6 Å². The molecule has 0 aliphatic heterocycles. The van der Waals surface area contributed by atoms with Crippen LogP contribution in [-0.4, -0.2) is 16.7 Å². The van der Waals surface area contributed by atoms with Crippen molar-refractivity contribution in [1.82, 2.24) is 9.99 Å². The van der Waals surface area contributed by atoms with E-state index in [1.165, 1.54) is 23.7 Å². The highest BCUT2D eigenvalue weighted by Crippen LogP contribution is 2.23. The van der Waals surface area contributed by atoms with Gasteiger partial charge in [-0.15, -0.1) is 0 Å². The average Bonchev–Trinajstić information content (AvgIpc) is 2.65. The maximum Gasteiger partial charge on any atom is 0.236 e. The van der Waals surface area contributed by atoms with Gasteiger partial charge in [-0.2, -0.15) is 5.10 Å². The molecule has 0 unspecified atom stereocenters. The summed E-state index contributed by atoms with van der Waals surface area (Å²) < 4.78 is 2.21. The molecule has 0 spiro atoms. The van der Waals surface area contributed by atoms with E-state index in [2.05, 4.69) is 67.1 Å². The highest BCUT2D eigenvalue weighted by Gasteiger charge is 2.11. The Morgan fingerprint density at radius 1 is 1.19 bits per heavy atom. The molecule has 0 atom stereocenters. The van der Waals surface area contributed by atoms with Crippen LogP contribution in [0.1, 0.15) is 35.0 Å². The Hall–Kier alpha value is -2.36. The Balaban J connectivity index is 2.44. The molecule has 1 aromatic heterocycles. The molecule has 0 radical (unpaired) electrons. The van der Waals surface area contributed by atoms with Crippen molar-refractivity contribution in [3.8, 4) is 5.69 Å². The number of nitrogens with one attached hydrogen (secondary N) is 1. The zero-order valence-electron chi connectivity index (χ0n) is 13.2. The van der Waals surface area contributed by atoms with Crippen LogP contribution in [0.25, 0.3) is 5.69 Å². The van der Waals surface area contributed by atoms with Crippen molar-refractivity contribution in [2.24, 2.45) is 5.10 Å². The van der Waals surface area contributed by atoms with Crippen LogP contribution < -0.4 is 5.43 Å². The highest BCUT2D eigenvalue weighted by atomic mass is 16.2. The summed E-state index contributed by atoms with van der Waals surface area (Å²) in [5, 5.41) is 3.95. The van der Waals surface area contributed by atoms with E-state index in [1.807, 2.05) is 0 Å². The molecule has 1 amide bonds. The maximum absolute atomic E-state index is 10.9. The van der Waals surface area contributed by atoms with Gasteiger partial charge in [-0.25, -0.2) is 5.43 Å². The van der Waals surface area contributed by atoms with Crippen molar-refractivity contribution in [1.29, 1.82) is 0 Å². The SMILES string of the molecule is CC(=O)N/N=C/c1cc(C)n(-c2ccc(C)cc2C)c1C. The van der Waals surface area contributed by atoms with E-state index >= 15 is 0 Å². The fraction of sp³-hybridized carbons (Fsp3) is 0.294. The van der Waals surface area contributed by atoms with Gasteiger partial charge in [0.05, 0.1) is 6.21 Å². The summed E-state index contributed by atoms with van der Waals surface area (Å²) in [6, 6.07) is 8.50. The van der Waals surface area contributed by atoms with Crippen LogP contribution in [0.3, 0.4) is 0 Å². The standard InChI is InChI=1S/C17H21N3O/c1-11-6-7-17(12(2)8-11)20-13(3)9-16(14(20)4)10-18-19-15(5)21/h6-10H,1-5H3,(H,19,21)/b18-10+. The molecule has 0 saturated carbocycles. The summed E-state index contributed by atoms with van der Waals surface area (Å²) in [4.78, 5) is 10.9. The maximum atomic E-state index is 10.9. The summed E-state index contributed by atoms with van der Waals surface area (Å²) >= 11 is 0. The minimum atomic E-state index is -0.172. The Morgan fingerprint density at radius 3 is 2.52 bits per heavy atom. The lowest BCUT2D eigenvalue weighted by molar-refractivity contribution is -0.118. The van der Waals surface area contributed by atoms with Crippen LogP contribution >= 0.6 is 0 Å². The van der Waals surface area contributed by atoms with Gasteiger partial charge in [0.25, 0.3) is 0 Å². The van der Waals surface area contributed by atoms with Gasteiger partial charge in [0.2, 0.25) is 5.91 Å². The Bertz CT molecular complexity index is 711. The van der Waals surface area contributed by atoms with Crippen LogP contribution in [-0.2, 0) is 4.79 Å². The summed E-state index contributed by atoms with van der Waals surface area (Å²) in [6.07, 6.45) is 1.68. The van der Waals surface area contributed by atoms with E-state index < -0.39 is 0 Å². The van der Waals surface area contributed by atoms with Gasteiger partial charge in [-0.3, -0.25) is 4.79 Å².